The molecule has 1 aliphatic rings. The molecule has 6 nitrogen and oxygen atoms in total. The standard InChI is InChI=1S/C21H20N5OP.CH4/c1-4-13-22-15-9-11-16(12-10-15)24-21-23-14-18-20(25-21)26(18)17-7-5-6-8-19(17)28(2,3)27;/h4-9,11,14,22H,1,13H2,2-3H3,(H,23,24,25);1H4. The smallest absolute Gasteiger partial charge is 0.229 e. The van der Waals surface area contributed by atoms with E-state index in [0.29, 0.717) is 12.5 Å². The maximum absolute atomic E-state index is 12.6. The minimum absolute atomic E-state index is 0. The van der Waals surface area contributed by atoms with Crippen molar-refractivity contribution in [3.8, 4) is 0 Å². The van der Waals surface area contributed by atoms with Crippen LogP contribution in [0.1, 0.15) is 7.43 Å². The second-order valence-corrected chi connectivity index (χ2v) is 9.97. The molecule has 0 saturated carbocycles. The van der Waals surface area contributed by atoms with Gasteiger partial charge in [-0.15, -0.1) is 6.58 Å². The van der Waals surface area contributed by atoms with Crippen molar-refractivity contribution in [2.24, 2.45) is 0 Å². The van der Waals surface area contributed by atoms with Crippen LogP contribution in [-0.4, -0.2) is 29.8 Å². The number of hydrogen-bond acceptors (Lipinski definition) is 6. The number of aromatic nitrogens is 2. The molecule has 0 fully saturated rings. The molecule has 2 N–H and O–H groups in total. The Balaban J connectivity index is 0.00000240. The molecule has 1 aliphatic heterocycles. The van der Waals surface area contributed by atoms with Crippen LogP contribution in [-0.2, 0) is 4.57 Å². The zero-order valence-electron chi connectivity index (χ0n) is 15.7. The molecule has 1 aromatic heterocycles. The highest BCUT2D eigenvalue weighted by molar-refractivity contribution is 7.70. The van der Waals surface area contributed by atoms with E-state index in [-0.39, 0.29) is 7.43 Å². The summed E-state index contributed by atoms with van der Waals surface area (Å²) in [5, 5.41) is 7.13. The molecule has 2 heterocycles. The van der Waals surface area contributed by atoms with Gasteiger partial charge in [0.05, 0.1) is 23.3 Å². The Labute approximate surface area is 172 Å². The first kappa shape index (κ1) is 20.4. The number of nitrogens with one attached hydrogen (secondary N) is 2. The minimum Gasteiger partial charge on any atom is -0.375 e. The Kier molecular flexibility index (Phi) is 5.63. The van der Waals surface area contributed by atoms with Crippen LogP contribution >= 0.6 is 7.14 Å². The minimum atomic E-state index is -2.40. The van der Waals surface area contributed by atoms with Crippen molar-refractivity contribution in [2.75, 3.05) is 35.4 Å². The molecule has 0 atom stereocenters. The Bertz CT molecular complexity index is 1070. The van der Waals surface area contributed by atoms with Gasteiger partial charge < -0.3 is 15.2 Å². The van der Waals surface area contributed by atoms with Crippen molar-refractivity contribution < 1.29 is 4.57 Å². The van der Waals surface area contributed by atoms with E-state index in [4.69, 9.17) is 0 Å². The van der Waals surface area contributed by atoms with E-state index in [1.807, 2.05) is 41.3 Å². The summed E-state index contributed by atoms with van der Waals surface area (Å²) in [6.45, 7) is 7.90. The molecule has 0 spiro atoms. The predicted molar refractivity (Wildman–Crippen MR) is 122 cm³/mol. The highest BCUT2D eigenvalue weighted by Crippen LogP contribution is 2.53. The Morgan fingerprint density at radius 1 is 1.14 bits per heavy atom. The van der Waals surface area contributed by atoms with Gasteiger partial charge in [-0.2, -0.15) is 4.98 Å². The molecule has 4 rings (SSSR count). The summed E-state index contributed by atoms with van der Waals surface area (Å²) in [4.78, 5) is 10.9. The summed E-state index contributed by atoms with van der Waals surface area (Å²) in [6, 6.07) is 17.6. The van der Waals surface area contributed by atoms with Gasteiger partial charge in [-0.05, 0) is 49.7 Å². The quantitative estimate of drug-likeness (QED) is 0.254. The molecule has 0 unspecified atom stereocenters. The maximum Gasteiger partial charge on any atom is 0.229 e. The molecule has 2 aromatic carbocycles. The molecule has 7 heteroatoms. The van der Waals surface area contributed by atoms with Crippen LogP contribution in [0.25, 0.3) is 0 Å². The fourth-order valence-corrected chi connectivity index (χ4v) is 4.09. The fraction of sp³-hybridized carbons (Fsp3) is 0.182. The van der Waals surface area contributed by atoms with Gasteiger partial charge in [0.25, 0.3) is 0 Å². The van der Waals surface area contributed by atoms with E-state index in [1.165, 1.54) is 0 Å². The third-order valence-electron chi connectivity index (χ3n) is 4.29. The number of benzene rings is 1. The number of nitrogens with zero attached hydrogens (tertiary/aromatic N) is 3. The largest absolute Gasteiger partial charge is 0.375 e. The zero-order chi connectivity index (χ0) is 19.7. The first-order valence-corrected chi connectivity index (χ1v) is 11.4. The van der Waals surface area contributed by atoms with Crippen molar-refractivity contribution in [2.45, 2.75) is 7.43 Å². The summed E-state index contributed by atoms with van der Waals surface area (Å²) in [7, 11) is -2.40. The lowest BCUT2D eigenvalue weighted by Gasteiger charge is -2.13. The van der Waals surface area contributed by atoms with Gasteiger partial charge >= 0.3 is 0 Å². The summed E-state index contributed by atoms with van der Waals surface area (Å²) in [5.41, 5.74) is 3.39. The van der Waals surface area contributed by atoms with Crippen molar-refractivity contribution in [3.05, 3.63) is 67.4 Å². The third kappa shape index (κ3) is 4.26. The van der Waals surface area contributed by atoms with Gasteiger partial charge in [-0.1, -0.05) is 25.6 Å². The second kappa shape index (κ2) is 7.98. The topological polar surface area (TPSA) is 69.9 Å². The molecule has 0 saturated heterocycles. The van der Waals surface area contributed by atoms with E-state index in [2.05, 4.69) is 39.3 Å². The average Bonchev–Trinajstić information content (AvgIpc) is 3.40. The Hall–Kier alpha value is -3.29. The van der Waals surface area contributed by atoms with E-state index in [0.717, 1.165) is 33.9 Å². The van der Waals surface area contributed by atoms with Gasteiger partial charge in [-0.25, -0.2) is 4.98 Å². The number of para-hydroxylation sites is 1. The predicted octanol–water partition coefficient (Wildman–Crippen LogP) is 5.09. The Morgan fingerprint density at radius 2 is 1.86 bits per heavy atom. The van der Waals surface area contributed by atoms with Crippen LogP contribution in [0, 0.1) is 12.1 Å². The fourth-order valence-electron chi connectivity index (χ4n) is 2.92. The van der Waals surface area contributed by atoms with Crippen molar-refractivity contribution in [1.82, 2.24) is 9.97 Å². The molecule has 0 aliphatic carbocycles. The lowest BCUT2D eigenvalue weighted by molar-refractivity contribution is 0.588. The van der Waals surface area contributed by atoms with Crippen LogP contribution in [0.2, 0.25) is 0 Å². The van der Waals surface area contributed by atoms with Gasteiger partial charge in [0.2, 0.25) is 5.95 Å². The van der Waals surface area contributed by atoms with Gasteiger partial charge in [0.1, 0.15) is 12.8 Å². The molecular weight excluding hydrogens is 381 g/mol. The Morgan fingerprint density at radius 3 is 2.55 bits per heavy atom. The number of rotatable bonds is 7. The molecular formula is C22H24N5OP. The van der Waals surface area contributed by atoms with Crippen LogP contribution in [0.4, 0.5) is 34.5 Å². The van der Waals surface area contributed by atoms with E-state index < -0.39 is 7.14 Å². The number of hydrogen-bond donors (Lipinski definition) is 2. The summed E-state index contributed by atoms with van der Waals surface area (Å²) < 4.78 is 12.6. The first-order chi connectivity index (χ1) is 13.5. The maximum atomic E-state index is 12.6. The highest BCUT2D eigenvalue weighted by atomic mass is 31.2. The first-order valence-electron chi connectivity index (χ1n) is 8.85. The van der Waals surface area contributed by atoms with Gasteiger partial charge in [0.15, 0.2) is 5.82 Å². The summed E-state index contributed by atoms with van der Waals surface area (Å²) in [6.07, 6.45) is 3.55. The lowest BCUT2D eigenvalue weighted by Crippen LogP contribution is -2.09. The molecule has 3 aromatic rings. The van der Waals surface area contributed by atoms with Crippen molar-refractivity contribution >= 4 is 47.0 Å². The molecule has 0 radical (unpaired) electrons. The molecule has 0 bridgehead atoms. The molecule has 29 heavy (non-hydrogen) atoms. The zero-order valence-corrected chi connectivity index (χ0v) is 16.6. The van der Waals surface area contributed by atoms with E-state index in [1.54, 1.807) is 25.6 Å². The summed E-state index contributed by atoms with van der Waals surface area (Å²) in [5.74, 6) is 1.29. The second-order valence-electron chi connectivity index (χ2n) is 6.78. The third-order valence-corrected chi connectivity index (χ3v) is 5.83. The average molecular weight is 405 g/mol. The van der Waals surface area contributed by atoms with Crippen molar-refractivity contribution in [3.63, 3.8) is 0 Å². The molecule has 148 valence electrons. The van der Waals surface area contributed by atoms with E-state index in [9.17, 15) is 4.57 Å². The number of anilines is 6. The van der Waals surface area contributed by atoms with Gasteiger partial charge in [-0.3, -0.25) is 4.90 Å². The normalized spacial score (nSPS) is 11.6. The highest BCUT2D eigenvalue weighted by Gasteiger charge is 2.36. The van der Waals surface area contributed by atoms with Crippen LogP contribution in [0.3, 0.4) is 0 Å². The number of fused-ring (bicyclic) bond motifs is 1. The van der Waals surface area contributed by atoms with E-state index >= 15 is 0 Å². The van der Waals surface area contributed by atoms with Gasteiger partial charge in [0, 0.05) is 11.8 Å². The van der Waals surface area contributed by atoms with Crippen LogP contribution in [0.5, 0.6) is 0 Å². The SMILES string of the molecule is C.C=CCNc1c#cc(Nc2ncc3c(n2)N3c2ccccc2P(C)(C)=O)cc1. The van der Waals surface area contributed by atoms with Crippen LogP contribution in [0.15, 0.2) is 55.3 Å². The lowest BCUT2D eigenvalue weighted by atomic mass is 10.3. The molecule has 0 amide bonds. The van der Waals surface area contributed by atoms with Crippen molar-refractivity contribution in [1.29, 1.82) is 0 Å². The summed E-state index contributed by atoms with van der Waals surface area (Å²) >= 11 is 0. The monoisotopic (exact) mass is 405 g/mol. The van der Waals surface area contributed by atoms with Crippen LogP contribution < -0.4 is 20.8 Å².